The van der Waals surface area contributed by atoms with Crippen LogP contribution in [0.1, 0.15) is 57.9 Å². The van der Waals surface area contributed by atoms with Crippen LogP contribution in [0.4, 0.5) is 4.79 Å². The Morgan fingerprint density at radius 2 is 1.93 bits per heavy atom. The van der Waals surface area contributed by atoms with Gasteiger partial charge in [-0.3, -0.25) is 4.40 Å². The van der Waals surface area contributed by atoms with Crippen LogP contribution in [0.3, 0.4) is 0 Å². The summed E-state index contributed by atoms with van der Waals surface area (Å²) in [4.78, 5) is 14.0. The number of hydrogen-bond acceptors (Lipinski definition) is 5. The van der Waals surface area contributed by atoms with E-state index in [1.165, 1.54) is 18.4 Å². The van der Waals surface area contributed by atoms with E-state index in [1.54, 1.807) is 4.90 Å². The van der Waals surface area contributed by atoms with Gasteiger partial charge in [0.1, 0.15) is 11.4 Å². The van der Waals surface area contributed by atoms with E-state index in [2.05, 4.69) is 32.3 Å². The van der Waals surface area contributed by atoms with Crippen LogP contribution in [0.2, 0.25) is 0 Å². The lowest BCUT2D eigenvalue weighted by atomic mass is 9.98. The summed E-state index contributed by atoms with van der Waals surface area (Å²) in [6.07, 6.45) is 6.14. The lowest BCUT2D eigenvalue weighted by Gasteiger charge is -2.33. The Bertz CT molecular complexity index is 864. The third-order valence-electron chi connectivity index (χ3n) is 5.25. The molecule has 0 spiro atoms. The van der Waals surface area contributed by atoms with Crippen molar-refractivity contribution in [1.82, 2.24) is 19.5 Å². The lowest BCUT2D eigenvalue weighted by Crippen LogP contribution is -2.42. The SMILES string of the molecule is CC(C)(C)OC(=O)N1CCC(COc2cc3nnc(Br)n3cc2C2CC2)CC1. The van der Waals surface area contributed by atoms with Gasteiger partial charge >= 0.3 is 6.09 Å². The number of fused-ring (bicyclic) bond motifs is 1. The number of rotatable bonds is 4. The molecule has 2 aromatic rings. The van der Waals surface area contributed by atoms with E-state index in [1.807, 2.05) is 31.2 Å². The third-order valence-corrected chi connectivity index (χ3v) is 5.79. The van der Waals surface area contributed by atoms with Crippen molar-refractivity contribution in [2.24, 2.45) is 5.92 Å². The number of likely N-dealkylation sites (tertiary alicyclic amines) is 1. The van der Waals surface area contributed by atoms with Crippen molar-refractivity contribution in [3.05, 3.63) is 22.6 Å². The molecule has 0 bridgehead atoms. The molecule has 152 valence electrons. The fourth-order valence-corrected chi connectivity index (χ4v) is 3.91. The monoisotopic (exact) mass is 450 g/mol. The molecule has 0 aromatic carbocycles. The Morgan fingerprint density at radius 3 is 2.57 bits per heavy atom. The van der Waals surface area contributed by atoms with Crippen molar-refractivity contribution in [1.29, 1.82) is 0 Å². The van der Waals surface area contributed by atoms with Gasteiger partial charge in [0.15, 0.2) is 5.65 Å². The maximum Gasteiger partial charge on any atom is 0.410 e. The van der Waals surface area contributed by atoms with Gasteiger partial charge in [-0.1, -0.05) is 0 Å². The minimum atomic E-state index is -0.453. The fourth-order valence-electron chi connectivity index (χ4n) is 3.55. The Kier molecular flexibility index (Phi) is 5.24. The molecule has 7 nitrogen and oxygen atoms in total. The summed E-state index contributed by atoms with van der Waals surface area (Å²) >= 11 is 3.44. The molecular formula is C20H27BrN4O3. The first-order chi connectivity index (χ1) is 13.3. The molecule has 0 unspecified atom stereocenters. The van der Waals surface area contributed by atoms with Gasteiger partial charge in [-0.25, -0.2) is 4.79 Å². The van der Waals surface area contributed by atoms with Gasteiger partial charge in [-0.05, 0) is 74.2 Å². The van der Waals surface area contributed by atoms with Gasteiger partial charge in [0.2, 0.25) is 4.73 Å². The second kappa shape index (κ2) is 7.54. The summed E-state index contributed by atoms with van der Waals surface area (Å²) in [6, 6.07) is 1.99. The standard InChI is InChI=1S/C20H27BrN4O3/c1-20(2,3)28-19(26)24-8-6-13(7-9-24)12-27-16-10-17-22-23-18(21)25(17)11-15(16)14-4-5-14/h10-11,13-14H,4-9,12H2,1-3H3. The van der Waals surface area contributed by atoms with E-state index in [4.69, 9.17) is 9.47 Å². The minimum absolute atomic E-state index is 0.217. The van der Waals surface area contributed by atoms with Crippen molar-refractivity contribution < 1.29 is 14.3 Å². The Balaban J connectivity index is 1.36. The molecule has 0 N–H and O–H groups in total. The fraction of sp³-hybridized carbons (Fsp3) is 0.650. The molecule has 2 fully saturated rings. The molecule has 1 amide bonds. The van der Waals surface area contributed by atoms with Gasteiger partial charge < -0.3 is 14.4 Å². The van der Waals surface area contributed by atoms with Crippen molar-refractivity contribution >= 4 is 27.7 Å². The number of piperidine rings is 1. The number of aromatic nitrogens is 3. The van der Waals surface area contributed by atoms with Crippen LogP contribution < -0.4 is 4.74 Å². The summed E-state index contributed by atoms with van der Waals surface area (Å²) in [7, 11) is 0. The van der Waals surface area contributed by atoms with E-state index >= 15 is 0 Å². The molecule has 0 atom stereocenters. The number of amides is 1. The Labute approximate surface area is 173 Å². The van der Waals surface area contributed by atoms with E-state index in [0.29, 0.717) is 36.3 Å². The van der Waals surface area contributed by atoms with E-state index in [0.717, 1.165) is 24.2 Å². The Hall–Kier alpha value is -1.83. The highest BCUT2D eigenvalue weighted by Crippen LogP contribution is 2.44. The minimum Gasteiger partial charge on any atom is -0.493 e. The molecule has 3 heterocycles. The first-order valence-electron chi connectivity index (χ1n) is 9.95. The van der Waals surface area contributed by atoms with Crippen LogP contribution in [0.5, 0.6) is 5.75 Å². The molecule has 2 aromatic heterocycles. The summed E-state index contributed by atoms with van der Waals surface area (Å²) in [5.74, 6) is 1.93. The maximum absolute atomic E-state index is 12.2. The van der Waals surface area contributed by atoms with Crippen LogP contribution in [0.15, 0.2) is 17.0 Å². The van der Waals surface area contributed by atoms with Gasteiger partial charge in [0.05, 0.1) is 6.61 Å². The van der Waals surface area contributed by atoms with Crippen LogP contribution in [0.25, 0.3) is 5.65 Å². The molecular weight excluding hydrogens is 424 g/mol. The first kappa shape index (κ1) is 19.5. The zero-order valence-corrected chi connectivity index (χ0v) is 18.2. The van der Waals surface area contributed by atoms with E-state index < -0.39 is 5.60 Å². The molecule has 0 radical (unpaired) electrons. The molecule has 1 saturated heterocycles. The van der Waals surface area contributed by atoms with Gasteiger partial charge in [-0.2, -0.15) is 0 Å². The van der Waals surface area contributed by atoms with Gasteiger partial charge in [0, 0.05) is 30.9 Å². The van der Waals surface area contributed by atoms with Crippen LogP contribution in [-0.2, 0) is 4.74 Å². The zero-order chi connectivity index (χ0) is 19.9. The van der Waals surface area contributed by atoms with Crippen LogP contribution >= 0.6 is 15.9 Å². The average molecular weight is 451 g/mol. The van der Waals surface area contributed by atoms with Gasteiger partial charge in [-0.15, -0.1) is 10.2 Å². The Morgan fingerprint density at radius 1 is 1.21 bits per heavy atom. The van der Waals surface area contributed by atoms with Crippen molar-refractivity contribution in [2.45, 2.75) is 58.0 Å². The normalized spacial score (nSPS) is 18.5. The number of carbonyl (C=O) groups is 1. The summed E-state index contributed by atoms with van der Waals surface area (Å²) in [5, 5.41) is 8.26. The van der Waals surface area contributed by atoms with Gasteiger partial charge in [0.25, 0.3) is 0 Å². The van der Waals surface area contributed by atoms with Crippen LogP contribution in [-0.4, -0.2) is 50.9 Å². The predicted octanol–water partition coefficient (Wildman–Crippen LogP) is 4.40. The number of hydrogen-bond donors (Lipinski definition) is 0. The van der Waals surface area contributed by atoms with E-state index in [9.17, 15) is 4.79 Å². The highest BCUT2D eigenvalue weighted by Gasteiger charge is 2.30. The lowest BCUT2D eigenvalue weighted by molar-refractivity contribution is 0.0164. The molecule has 2 aliphatic rings. The number of pyridine rings is 1. The molecule has 28 heavy (non-hydrogen) atoms. The zero-order valence-electron chi connectivity index (χ0n) is 16.7. The smallest absolute Gasteiger partial charge is 0.410 e. The van der Waals surface area contributed by atoms with Crippen LogP contribution in [0, 0.1) is 5.92 Å². The van der Waals surface area contributed by atoms with Crippen molar-refractivity contribution in [2.75, 3.05) is 19.7 Å². The van der Waals surface area contributed by atoms with Crippen molar-refractivity contribution in [3.63, 3.8) is 0 Å². The third kappa shape index (κ3) is 4.42. The number of nitrogens with zero attached hydrogens (tertiary/aromatic N) is 4. The topological polar surface area (TPSA) is 69.0 Å². The van der Waals surface area contributed by atoms with E-state index in [-0.39, 0.29) is 6.09 Å². The molecule has 8 heteroatoms. The quantitative estimate of drug-likeness (QED) is 0.690. The molecule has 1 saturated carbocycles. The maximum atomic E-state index is 12.2. The highest BCUT2D eigenvalue weighted by molar-refractivity contribution is 9.10. The molecule has 1 aliphatic heterocycles. The highest BCUT2D eigenvalue weighted by atomic mass is 79.9. The number of ether oxygens (including phenoxy) is 2. The largest absolute Gasteiger partial charge is 0.493 e. The summed E-state index contributed by atoms with van der Waals surface area (Å²) in [6.45, 7) is 7.78. The van der Waals surface area contributed by atoms with Crippen molar-refractivity contribution in [3.8, 4) is 5.75 Å². The summed E-state index contributed by atoms with van der Waals surface area (Å²) in [5.41, 5.74) is 1.57. The second-order valence-corrected chi connectivity index (χ2v) is 9.50. The predicted molar refractivity (Wildman–Crippen MR) is 109 cm³/mol. The molecule has 4 rings (SSSR count). The first-order valence-corrected chi connectivity index (χ1v) is 10.7. The number of carbonyl (C=O) groups excluding carboxylic acids is 1. The molecule has 1 aliphatic carbocycles. The second-order valence-electron chi connectivity index (χ2n) is 8.79. The average Bonchev–Trinajstić information content (AvgIpc) is 3.42. The number of halogens is 1. The summed E-state index contributed by atoms with van der Waals surface area (Å²) < 4.78 is 14.4.